The molecule has 4 heteroatoms. The third-order valence-corrected chi connectivity index (χ3v) is 3.51. The molecule has 0 saturated heterocycles. The van der Waals surface area contributed by atoms with Crippen LogP contribution in [0.4, 0.5) is 10.1 Å². The lowest BCUT2D eigenvalue weighted by molar-refractivity contribution is 0.155. The first-order chi connectivity index (χ1) is 7.66. The Morgan fingerprint density at radius 1 is 1.25 bits per heavy atom. The maximum absolute atomic E-state index is 13.3. The molecular weight excluding hydrogens is 273 g/mol. The zero-order chi connectivity index (χ0) is 11.5. The number of hydrogen-bond donors (Lipinski definition) is 1. The Hall–Kier alpha value is -0.770. The van der Waals surface area contributed by atoms with Crippen LogP contribution in [0, 0.1) is 5.82 Å². The van der Waals surface area contributed by atoms with Crippen molar-refractivity contribution in [2.45, 2.75) is 38.2 Å². The Balaban J connectivity index is 2.11. The second-order valence-corrected chi connectivity index (χ2v) is 5.04. The molecule has 0 unspecified atom stereocenters. The lowest BCUT2D eigenvalue weighted by Gasteiger charge is -2.23. The standard InChI is InChI=1S/C12H15BrFNO/c13-9-6-11(15)12(7-10(9)14)16-8-4-2-1-3-5-8/h6-8H,1-5,15H2. The molecule has 0 aliphatic heterocycles. The van der Waals surface area contributed by atoms with Gasteiger partial charge in [0.2, 0.25) is 0 Å². The second kappa shape index (κ2) is 5.04. The second-order valence-electron chi connectivity index (χ2n) is 4.18. The summed E-state index contributed by atoms with van der Waals surface area (Å²) in [5.74, 6) is 0.132. The van der Waals surface area contributed by atoms with Gasteiger partial charge in [0.1, 0.15) is 11.6 Å². The first kappa shape index (κ1) is 11.7. The van der Waals surface area contributed by atoms with Gasteiger partial charge < -0.3 is 10.5 Å². The predicted octanol–water partition coefficient (Wildman–Crippen LogP) is 3.88. The fourth-order valence-electron chi connectivity index (χ4n) is 2.01. The summed E-state index contributed by atoms with van der Waals surface area (Å²) in [4.78, 5) is 0. The molecule has 1 aliphatic rings. The van der Waals surface area contributed by atoms with Gasteiger partial charge >= 0.3 is 0 Å². The minimum Gasteiger partial charge on any atom is -0.488 e. The minimum atomic E-state index is -0.333. The first-order valence-electron chi connectivity index (χ1n) is 5.58. The van der Waals surface area contributed by atoms with E-state index in [1.165, 1.54) is 25.3 Å². The summed E-state index contributed by atoms with van der Waals surface area (Å²) in [7, 11) is 0. The van der Waals surface area contributed by atoms with Gasteiger partial charge in [-0.3, -0.25) is 0 Å². The quantitative estimate of drug-likeness (QED) is 0.838. The molecule has 0 bridgehead atoms. The third-order valence-electron chi connectivity index (χ3n) is 2.90. The van der Waals surface area contributed by atoms with Crippen LogP contribution in [0.5, 0.6) is 5.75 Å². The molecule has 1 fully saturated rings. The molecule has 2 N–H and O–H groups in total. The summed E-state index contributed by atoms with van der Waals surface area (Å²) in [5, 5.41) is 0. The molecule has 2 rings (SSSR count). The molecule has 1 aromatic rings. The van der Waals surface area contributed by atoms with Crippen LogP contribution in [0.1, 0.15) is 32.1 Å². The first-order valence-corrected chi connectivity index (χ1v) is 6.37. The number of hydrogen-bond acceptors (Lipinski definition) is 2. The van der Waals surface area contributed by atoms with Gasteiger partial charge in [-0.25, -0.2) is 4.39 Å². The molecule has 2 nitrogen and oxygen atoms in total. The van der Waals surface area contributed by atoms with Crippen molar-refractivity contribution in [1.82, 2.24) is 0 Å². The number of halogens is 2. The highest BCUT2D eigenvalue weighted by atomic mass is 79.9. The van der Waals surface area contributed by atoms with Crippen molar-refractivity contribution in [3.63, 3.8) is 0 Å². The van der Waals surface area contributed by atoms with Gasteiger partial charge in [-0.15, -0.1) is 0 Å². The van der Waals surface area contributed by atoms with Crippen molar-refractivity contribution < 1.29 is 9.13 Å². The number of nitrogens with two attached hydrogens (primary N) is 1. The SMILES string of the molecule is Nc1cc(Br)c(F)cc1OC1CCCCC1. The molecule has 1 aromatic carbocycles. The summed E-state index contributed by atoms with van der Waals surface area (Å²) in [6.45, 7) is 0. The topological polar surface area (TPSA) is 35.2 Å². The van der Waals surface area contributed by atoms with Gasteiger partial charge in [-0.1, -0.05) is 6.42 Å². The Bertz CT molecular complexity index is 378. The van der Waals surface area contributed by atoms with Crippen LogP contribution < -0.4 is 10.5 Å². The van der Waals surface area contributed by atoms with Crippen molar-refractivity contribution in [1.29, 1.82) is 0 Å². The number of nitrogen functional groups attached to an aromatic ring is 1. The number of benzene rings is 1. The summed E-state index contributed by atoms with van der Waals surface area (Å²) < 4.78 is 19.4. The summed E-state index contributed by atoms with van der Waals surface area (Å²) >= 11 is 3.09. The molecule has 0 aromatic heterocycles. The van der Waals surface area contributed by atoms with E-state index < -0.39 is 0 Å². The van der Waals surface area contributed by atoms with Crippen LogP contribution in [0.15, 0.2) is 16.6 Å². The van der Waals surface area contributed by atoms with Crippen molar-refractivity contribution >= 4 is 21.6 Å². The zero-order valence-corrected chi connectivity index (χ0v) is 10.6. The summed E-state index contributed by atoms with van der Waals surface area (Å²) in [5.41, 5.74) is 6.27. The molecule has 1 saturated carbocycles. The average molecular weight is 288 g/mol. The fourth-order valence-corrected chi connectivity index (χ4v) is 2.37. The highest BCUT2D eigenvalue weighted by Gasteiger charge is 2.17. The van der Waals surface area contributed by atoms with E-state index in [9.17, 15) is 4.39 Å². The largest absolute Gasteiger partial charge is 0.488 e. The van der Waals surface area contributed by atoms with Crippen LogP contribution in [-0.4, -0.2) is 6.10 Å². The van der Waals surface area contributed by atoms with E-state index in [2.05, 4.69) is 15.9 Å². The molecule has 0 amide bonds. The van der Waals surface area contributed by atoms with Gasteiger partial charge in [0.05, 0.1) is 16.3 Å². The van der Waals surface area contributed by atoms with Crippen LogP contribution in [0.3, 0.4) is 0 Å². The van der Waals surface area contributed by atoms with Gasteiger partial charge in [-0.05, 0) is 47.7 Å². The van der Waals surface area contributed by atoms with Gasteiger partial charge in [0.15, 0.2) is 0 Å². The molecule has 1 aliphatic carbocycles. The van der Waals surface area contributed by atoms with E-state index >= 15 is 0 Å². The van der Waals surface area contributed by atoms with Crippen LogP contribution in [0.2, 0.25) is 0 Å². The summed E-state index contributed by atoms with van der Waals surface area (Å²) in [6, 6.07) is 2.90. The van der Waals surface area contributed by atoms with E-state index in [-0.39, 0.29) is 11.9 Å². The maximum Gasteiger partial charge on any atom is 0.145 e. The van der Waals surface area contributed by atoms with E-state index in [1.54, 1.807) is 6.07 Å². The monoisotopic (exact) mass is 287 g/mol. The van der Waals surface area contributed by atoms with Crippen molar-refractivity contribution in [3.8, 4) is 5.75 Å². The van der Waals surface area contributed by atoms with Crippen molar-refractivity contribution in [2.24, 2.45) is 0 Å². The Kier molecular flexibility index (Phi) is 3.69. The van der Waals surface area contributed by atoms with E-state index in [0.717, 1.165) is 12.8 Å². The maximum atomic E-state index is 13.3. The number of ether oxygens (including phenoxy) is 1. The third kappa shape index (κ3) is 2.67. The van der Waals surface area contributed by atoms with Gasteiger partial charge in [0, 0.05) is 6.07 Å². The van der Waals surface area contributed by atoms with E-state index in [0.29, 0.717) is 15.9 Å². The lowest BCUT2D eigenvalue weighted by atomic mass is 9.98. The molecule has 0 spiro atoms. The molecule has 0 atom stereocenters. The highest BCUT2D eigenvalue weighted by molar-refractivity contribution is 9.10. The van der Waals surface area contributed by atoms with E-state index in [1.807, 2.05) is 0 Å². The Morgan fingerprint density at radius 3 is 2.62 bits per heavy atom. The number of rotatable bonds is 2. The van der Waals surface area contributed by atoms with Crippen LogP contribution in [-0.2, 0) is 0 Å². The smallest absolute Gasteiger partial charge is 0.145 e. The molecule has 16 heavy (non-hydrogen) atoms. The lowest BCUT2D eigenvalue weighted by Crippen LogP contribution is -2.20. The molecule has 88 valence electrons. The average Bonchev–Trinajstić information content (AvgIpc) is 2.27. The Labute approximate surface area is 103 Å². The molecule has 0 radical (unpaired) electrons. The normalized spacial score (nSPS) is 17.4. The molecular formula is C12H15BrFNO. The fraction of sp³-hybridized carbons (Fsp3) is 0.500. The van der Waals surface area contributed by atoms with Crippen molar-refractivity contribution in [2.75, 3.05) is 5.73 Å². The highest BCUT2D eigenvalue weighted by Crippen LogP contribution is 2.31. The van der Waals surface area contributed by atoms with E-state index in [4.69, 9.17) is 10.5 Å². The Morgan fingerprint density at radius 2 is 1.94 bits per heavy atom. The zero-order valence-electron chi connectivity index (χ0n) is 9.01. The van der Waals surface area contributed by atoms with Crippen molar-refractivity contribution in [3.05, 3.63) is 22.4 Å². The van der Waals surface area contributed by atoms with Crippen LogP contribution >= 0.6 is 15.9 Å². The molecule has 0 heterocycles. The predicted molar refractivity (Wildman–Crippen MR) is 66.0 cm³/mol. The minimum absolute atomic E-state index is 0.191. The van der Waals surface area contributed by atoms with Gasteiger partial charge in [-0.2, -0.15) is 0 Å². The summed E-state index contributed by atoms with van der Waals surface area (Å²) in [6.07, 6.45) is 5.91. The van der Waals surface area contributed by atoms with Crippen LogP contribution in [0.25, 0.3) is 0 Å². The van der Waals surface area contributed by atoms with Gasteiger partial charge in [0.25, 0.3) is 0 Å². The number of anilines is 1.